The molecule has 0 fully saturated rings. The van der Waals surface area contributed by atoms with Crippen molar-refractivity contribution < 1.29 is 32.2 Å². The Balaban J connectivity index is 1.50. The van der Waals surface area contributed by atoms with Gasteiger partial charge in [0.15, 0.2) is 13.2 Å². The number of anilines is 1. The van der Waals surface area contributed by atoms with Gasteiger partial charge in [-0.3, -0.25) is 4.79 Å². The monoisotopic (exact) mass is 403 g/mol. The molecule has 0 aliphatic carbocycles. The summed E-state index contributed by atoms with van der Waals surface area (Å²) in [4.78, 5) is 23.8. The Morgan fingerprint density at radius 2 is 1.62 bits per heavy atom. The molecule has 3 rings (SSSR count). The van der Waals surface area contributed by atoms with Gasteiger partial charge >= 0.3 is 12.1 Å². The number of carbonyl (C=O) groups excluding carboxylic acids is 2. The number of benzene rings is 3. The third-order valence-corrected chi connectivity index (χ3v) is 3.95. The Morgan fingerprint density at radius 3 is 2.41 bits per heavy atom. The van der Waals surface area contributed by atoms with Crippen LogP contribution in [0.4, 0.5) is 18.9 Å². The van der Waals surface area contributed by atoms with Crippen molar-refractivity contribution in [1.82, 2.24) is 0 Å². The van der Waals surface area contributed by atoms with Crippen molar-refractivity contribution in [1.29, 1.82) is 0 Å². The molecule has 0 saturated heterocycles. The molecule has 0 aliphatic heterocycles. The van der Waals surface area contributed by atoms with Crippen molar-refractivity contribution in [3.05, 3.63) is 72.3 Å². The number of hydrogen-bond donors (Lipinski definition) is 1. The van der Waals surface area contributed by atoms with E-state index in [-0.39, 0.29) is 5.75 Å². The zero-order chi connectivity index (χ0) is 20.9. The minimum atomic E-state index is -4.51. The van der Waals surface area contributed by atoms with Crippen LogP contribution in [0.5, 0.6) is 5.75 Å². The van der Waals surface area contributed by atoms with Crippen LogP contribution in [0.15, 0.2) is 66.7 Å². The van der Waals surface area contributed by atoms with Gasteiger partial charge in [0, 0.05) is 11.1 Å². The van der Waals surface area contributed by atoms with Crippen LogP contribution in [0.3, 0.4) is 0 Å². The maximum Gasteiger partial charge on any atom is 0.416 e. The summed E-state index contributed by atoms with van der Waals surface area (Å²) in [5.74, 6) is -1.55. The third kappa shape index (κ3) is 5.47. The van der Waals surface area contributed by atoms with Crippen molar-refractivity contribution in [2.45, 2.75) is 6.18 Å². The SMILES string of the molecule is O=C(COC(=O)COc1cccc(C(F)(F)F)c1)Nc1cccc2ccccc12. The van der Waals surface area contributed by atoms with E-state index in [0.29, 0.717) is 5.69 Å². The molecular weight excluding hydrogens is 387 g/mol. The molecule has 0 radical (unpaired) electrons. The fourth-order valence-corrected chi connectivity index (χ4v) is 2.61. The highest BCUT2D eigenvalue weighted by Crippen LogP contribution is 2.31. The molecule has 3 aromatic rings. The molecule has 3 aromatic carbocycles. The van der Waals surface area contributed by atoms with Crippen molar-refractivity contribution in [2.75, 3.05) is 18.5 Å². The second-order valence-electron chi connectivity index (χ2n) is 6.05. The van der Waals surface area contributed by atoms with E-state index in [2.05, 4.69) is 5.32 Å². The summed E-state index contributed by atoms with van der Waals surface area (Å²) in [6, 6.07) is 17.0. The third-order valence-electron chi connectivity index (χ3n) is 3.95. The standard InChI is InChI=1S/C21H16F3NO4/c22-21(23,24)15-7-4-8-16(11-15)28-13-20(27)29-12-19(26)25-18-10-3-6-14-5-1-2-9-17(14)18/h1-11H,12-13H2,(H,25,26). The molecule has 1 amide bonds. The number of fused-ring (bicyclic) bond motifs is 1. The number of amides is 1. The molecule has 150 valence electrons. The topological polar surface area (TPSA) is 64.6 Å². The van der Waals surface area contributed by atoms with Crippen LogP contribution >= 0.6 is 0 Å². The lowest BCUT2D eigenvalue weighted by Gasteiger charge is -2.11. The number of ether oxygens (including phenoxy) is 2. The quantitative estimate of drug-likeness (QED) is 0.619. The molecule has 0 spiro atoms. The molecule has 0 atom stereocenters. The van der Waals surface area contributed by atoms with Gasteiger partial charge < -0.3 is 14.8 Å². The minimum absolute atomic E-state index is 0.128. The highest BCUT2D eigenvalue weighted by Gasteiger charge is 2.30. The lowest BCUT2D eigenvalue weighted by atomic mass is 10.1. The minimum Gasteiger partial charge on any atom is -0.482 e. The van der Waals surface area contributed by atoms with Crippen LogP contribution in [0.25, 0.3) is 10.8 Å². The first-order valence-corrected chi connectivity index (χ1v) is 8.56. The Labute approximate surface area is 164 Å². The first kappa shape index (κ1) is 20.2. The van der Waals surface area contributed by atoms with E-state index in [1.807, 2.05) is 30.3 Å². The predicted molar refractivity (Wildman–Crippen MR) is 100 cm³/mol. The van der Waals surface area contributed by atoms with E-state index in [1.165, 1.54) is 12.1 Å². The highest BCUT2D eigenvalue weighted by atomic mass is 19.4. The predicted octanol–water partition coefficient (Wildman–Crippen LogP) is 4.42. The summed E-state index contributed by atoms with van der Waals surface area (Å²) < 4.78 is 47.8. The summed E-state index contributed by atoms with van der Waals surface area (Å²) in [7, 11) is 0. The number of hydrogen-bond acceptors (Lipinski definition) is 4. The molecule has 0 aliphatic rings. The second kappa shape index (κ2) is 8.64. The Hall–Kier alpha value is -3.55. The van der Waals surface area contributed by atoms with Gasteiger partial charge in [-0.25, -0.2) is 4.79 Å². The second-order valence-corrected chi connectivity index (χ2v) is 6.05. The first-order chi connectivity index (χ1) is 13.8. The molecule has 0 aromatic heterocycles. The summed E-state index contributed by atoms with van der Waals surface area (Å²) in [6.45, 7) is -1.17. The normalized spacial score (nSPS) is 11.1. The van der Waals surface area contributed by atoms with Crippen LogP contribution in [0.2, 0.25) is 0 Å². The molecule has 8 heteroatoms. The highest BCUT2D eigenvalue weighted by molar-refractivity contribution is 6.02. The summed E-state index contributed by atoms with van der Waals surface area (Å²) >= 11 is 0. The van der Waals surface area contributed by atoms with Gasteiger partial charge in [-0.1, -0.05) is 42.5 Å². The largest absolute Gasteiger partial charge is 0.482 e. The van der Waals surface area contributed by atoms with Crippen molar-refractivity contribution in [3.8, 4) is 5.75 Å². The van der Waals surface area contributed by atoms with Crippen LogP contribution in [-0.2, 0) is 20.5 Å². The van der Waals surface area contributed by atoms with E-state index >= 15 is 0 Å². The average Bonchev–Trinajstić information content (AvgIpc) is 2.70. The van der Waals surface area contributed by atoms with Gasteiger partial charge in [0.2, 0.25) is 0 Å². The van der Waals surface area contributed by atoms with Gasteiger partial charge in [-0.15, -0.1) is 0 Å². The smallest absolute Gasteiger partial charge is 0.416 e. The number of rotatable bonds is 6. The number of halogens is 3. The van der Waals surface area contributed by atoms with Crippen LogP contribution < -0.4 is 10.1 Å². The molecule has 5 nitrogen and oxygen atoms in total. The van der Waals surface area contributed by atoms with Gasteiger partial charge in [0.05, 0.1) is 5.56 Å². The van der Waals surface area contributed by atoms with Crippen LogP contribution in [0, 0.1) is 0 Å². The van der Waals surface area contributed by atoms with E-state index in [0.717, 1.165) is 22.9 Å². The Morgan fingerprint density at radius 1 is 0.897 bits per heavy atom. The number of carbonyl (C=O) groups is 2. The molecule has 0 heterocycles. The molecule has 29 heavy (non-hydrogen) atoms. The molecule has 0 bridgehead atoms. The van der Waals surface area contributed by atoms with Crippen molar-refractivity contribution in [3.63, 3.8) is 0 Å². The zero-order valence-corrected chi connectivity index (χ0v) is 15.0. The van der Waals surface area contributed by atoms with Gasteiger partial charge in [0.25, 0.3) is 5.91 Å². The Kier molecular flexibility index (Phi) is 6.01. The van der Waals surface area contributed by atoms with E-state index in [1.54, 1.807) is 12.1 Å². The fraction of sp³-hybridized carbons (Fsp3) is 0.143. The number of alkyl halides is 3. The maximum atomic E-state index is 12.7. The molecular formula is C21H16F3NO4. The lowest BCUT2D eigenvalue weighted by Crippen LogP contribution is -2.23. The van der Waals surface area contributed by atoms with E-state index in [4.69, 9.17) is 9.47 Å². The van der Waals surface area contributed by atoms with E-state index in [9.17, 15) is 22.8 Å². The van der Waals surface area contributed by atoms with Crippen LogP contribution in [0.1, 0.15) is 5.56 Å². The van der Waals surface area contributed by atoms with Crippen molar-refractivity contribution in [2.24, 2.45) is 0 Å². The molecule has 0 unspecified atom stereocenters. The summed E-state index contributed by atoms with van der Waals surface area (Å²) in [5.41, 5.74) is -0.317. The molecule has 0 saturated carbocycles. The number of nitrogens with one attached hydrogen (secondary N) is 1. The van der Waals surface area contributed by atoms with Gasteiger partial charge in [-0.2, -0.15) is 13.2 Å². The molecule has 1 N–H and O–H groups in total. The van der Waals surface area contributed by atoms with Gasteiger partial charge in [0.1, 0.15) is 5.75 Å². The van der Waals surface area contributed by atoms with Crippen molar-refractivity contribution >= 4 is 28.3 Å². The summed E-state index contributed by atoms with van der Waals surface area (Å²) in [5, 5.41) is 4.43. The number of esters is 1. The average molecular weight is 403 g/mol. The Bertz CT molecular complexity index is 1030. The summed E-state index contributed by atoms with van der Waals surface area (Å²) in [6.07, 6.45) is -4.51. The maximum absolute atomic E-state index is 12.7. The van der Waals surface area contributed by atoms with Crippen LogP contribution in [-0.4, -0.2) is 25.1 Å². The lowest BCUT2D eigenvalue weighted by molar-refractivity contribution is -0.149. The fourth-order valence-electron chi connectivity index (χ4n) is 2.61. The first-order valence-electron chi connectivity index (χ1n) is 8.56. The van der Waals surface area contributed by atoms with Gasteiger partial charge in [-0.05, 0) is 29.7 Å². The zero-order valence-electron chi connectivity index (χ0n) is 15.0. The van der Waals surface area contributed by atoms with E-state index < -0.39 is 36.8 Å².